The van der Waals surface area contributed by atoms with E-state index in [4.69, 9.17) is 18.0 Å². The van der Waals surface area contributed by atoms with Gasteiger partial charge in [0.2, 0.25) is 0 Å². The number of hydrogen-bond acceptors (Lipinski definition) is 1. The van der Waals surface area contributed by atoms with E-state index in [1.807, 2.05) is 6.07 Å². The maximum atomic E-state index is 11.4. The second kappa shape index (κ2) is 5.75. The van der Waals surface area contributed by atoms with Gasteiger partial charge in [-0.25, -0.2) is 4.90 Å². The van der Waals surface area contributed by atoms with E-state index in [0.717, 1.165) is 0 Å². The minimum atomic E-state index is -0.300. The fourth-order valence-electron chi connectivity index (χ4n) is 0.996. The quantitative estimate of drug-likeness (QED) is 0.421. The summed E-state index contributed by atoms with van der Waals surface area (Å²) < 4.78 is 0. The number of rotatable bonds is 2. The minimum absolute atomic E-state index is 0.131. The van der Waals surface area contributed by atoms with Gasteiger partial charge in [0.05, 0.1) is 5.69 Å². The number of alkyl halides is 1. The Morgan fingerprint density at radius 2 is 2.07 bits per heavy atom. The lowest BCUT2D eigenvalue weighted by molar-refractivity contribution is -0.115. The van der Waals surface area contributed by atoms with Crippen LogP contribution in [0.2, 0.25) is 0 Å². The molecule has 0 spiro atoms. The van der Waals surface area contributed by atoms with Crippen LogP contribution in [-0.4, -0.2) is 11.8 Å². The van der Waals surface area contributed by atoms with Crippen molar-refractivity contribution >= 4 is 23.2 Å². The van der Waals surface area contributed by atoms with E-state index in [-0.39, 0.29) is 11.8 Å². The van der Waals surface area contributed by atoms with E-state index in [1.165, 1.54) is 4.90 Å². The number of nitrogens with zero attached hydrogens (tertiary/aromatic N) is 1. The first kappa shape index (κ1) is 11.2. The van der Waals surface area contributed by atoms with Crippen LogP contribution in [0.15, 0.2) is 30.3 Å². The molecule has 1 aromatic rings. The van der Waals surface area contributed by atoms with E-state index in [9.17, 15) is 4.79 Å². The van der Waals surface area contributed by atoms with Crippen molar-refractivity contribution in [3.05, 3.63) is 30.3 Å². The van der Waals surface area contributed by atoms with Crippen molar-refractivity contribution in [3.63, 3.8) is 0 Å². The van der Waals surface area contributed by atoms with Crippen molar-refractivity contribution in [2.45, 2.75) is 0 Å². The summed E-state index contributed by atoms with van der Waals surface area (Å²) in [5.74, 6) is 4.10. The van der Waals surface area contributed by atoms with E-state index in [0.29, 0.717) is 5.69 Å². The van der Waals surface area contributed by atoms with E-state index < -0.39 is 0 Å². The molecule has 74 valence electrons. The average molecular weight is 218 g/mol. The Morgan fingerprint density at radius 1 is 1.40 bits per heavy atom. The van der Waals surface area contributed by atoms with Crippen LogP contribution in [-0.2, 0) is 4.79 Å². The molecule has 0 aliphatic carbocycles. The lowest BCUT2D eigenvalue weighted by atomic mass is 10.3. The minimum Gasteiger partial charge on any atom is -0.272 e. The molecule has 15 heavy (non-hydrogen) atoms. The molecule has 0 aliphatic heterocycles. The molecule has 0 unspecified atom stereocenters. The number of carbonyl (C=O) groups excluding carboxylic acids is 1. The molecular weight excluding hydrogens is 210 g/mol. The topological polar surface area (TPSA) is 20.3 Å². The van der Waals surface area contributed by atoms with Gasteiger partial charge in [-0.2, -0.15) is 0 Å². The standard InChI is InChI=1S/C12H8ClNO/c1-2-3-9-14(12(15)10-13)11-7-5-4-6-8-11/h1,4-8H,10H2. The highest BCUT2D eigenvalue weighted by molar-refractivity contribution is 6.29. The molecule has 1 amide bonds. The normalized spacial score (nSPS) is 8.27. The number of anilines is 1. The predicted molar refractivity (Wildman–Crippen MR) is 61.3 cm³/mol. The van der Waals surface area contributed by atoms with E-state index in [1.54, 1.807) is 24.3 Å². The van der Waals surface area contributed by atoms with Crippen LogP contribution in [0.4, 0.5) is 5.69 Å². The molecule has 0 heterocycles. The molecule has 1 rings (SSSR count). The Hall–Kier alpha value is -1.90. The van der Waals surface area contributed by atoms with Crippen molar-refractivity contribution in [2.24, 2.45) is 0 Å². The molecule has 0 fully saturated rings. The Bertz CT molecular complexity index is 436. The number of benzene rings is 1. The van der Waals surface area contributed by atoms with Crippen molar-refractivity contribution in [3.8, 4) is 24.3 Å². The van der Waals surface area contributed by atoms with Crippen LogP contribution >= 0.6 is 11.6 Å². The monoisotopic (exact) mass is 217 g/mol. The summed E-state index contributed by atoms with van der Waals surface area (Å²) in [4.78, 5) is 12.7. The molecule has 2 nitrogen and oxygen atoms in total. The number of para-hydroxylation sites is 1. The van der Waals surface area contributed by atoms with Crippen molar-refractivity contribution in [2.75, 3.05) is 10.8 Å². The highest BCUT2D eigenvalue weighted by Crippen LogP contribution is 2.12. The van der Waals surface area contributed by atoms with Crippen molar-refractivity contribution in [1.82, 2.24) is 0 Å². The molecule has 0 aromatic heterocycles. The SMILES string of the molecule is C#CC#CN(C(=O)CCl)c1ccccc1. The smallest absolute Gasteiger partial charge is 0.253 e. The number of hydrogen-bond donors (Lipinski definition) is 0. The summed E-state index contributed by atoms with van der Waals surface area (Å²) in [7, 11) is 0. The van der Waals surface area contributed by atoms with Gasteiger partial charge in [0.1, 0.15) is 5.88 Å². The van der Waals surface area contributed by atoms with Crippen LogP contribution in [0.1, 0.15) is 0 Å². The lowest BCUT2D eigenvalue weighted by Crippen LogP contribution is -2.26. The van der Waals surface area contributed by atoms with Crippen LogP contribution in [0, 0.1) is 24.3 Å². The Labute approximate surface area is 93.8 Å². The Morgan fingerprint density at radius 3 is 2.60 bits per heavy atom. The van der Waals surface area contributed by atoms with Crippen molar-refractivity contribution < 1.29 is 4.79 Å². The summed E-state index contributed by atoms with van der Waals surface area (Å²) in [6.07, 6.45) is 5.00. The first-order valence-corrected chi connectivity index (χ1v) is 4.73. The maximum Gasteiger partial charge on any atom is 0.253 e. The number of terminal acetylenes is 1. The molecule has 0 radical (unpaired) electrons. The van der Waals surface area contributed by atoms with Crippen LogP contribution < -0.4 is 4.90 Å². The van der Waals surface area contributed by atoms with Crippen LogP contribution in [0.25, 0.3) is 0 Å². The molecule has 3 heteroatoms. The van der Waals surface area contributed by atoms with Gasteiger partial charge in [0.25, 0.3) is 5.91 Å². The zero-order valence-electron chi connectivity index (χ0n) is 7.90. The van der Waals surface area contributed by atoms with Gasteiger partial charge in [-0.3, -0.25) is 4.79 Å². The summed E-state index contributed by atoms with van der Waals surface area (Å²) in [5, 5.41) is 0. The van der Waals surface area contributed by atoms with E-state index >= 15 is 0 Å². The maximum absolute atomic E-state index is 11.4. The third kappa shape index (κ3) is 3.06. The largest absolute Gasteiger partial charge is 0.272 e. The summed E-state index contributed by atoms with van der Waals surface area (Å²) >= 11 is 5.46. The highest BCUT2D eigenvalue weighted by Gasteiger charge is 2.11. The number of carbonyl (C=O) groups is 1. The molecule has 0 bridgehead atoms. The summed E-state index contributed by atoms with van der Waals surface area (Å²) in [6.45, 7) is 0. The second-order valence-electron chi connectivity index (χ2n) is 2.58. The Balaban J connectivity index is 3.03. The van der Waals surface area contributed by atoms with Gasteiger partial charge in [0, 0.05) is 12.0 Å². The predicted octanol–water partition coefficient (Wildman–Crippen LogP) is 1.85. The molecule has 0 N–H and O–H groups in total. The van der Waals surface area contributed by atoms with Gasteiger partial charge in [-0.1, -0.05) is 18.2 Å². The van der Waals surface area contributed by atoms with Crippen LogP contribution in [0.3, 0.4) is 0 Å². The average Bonchev–Trinajstić information content (AvgIpc) is 2.30. The first-order chi connectivity index (χ1) is 7.29. The number of amides is 1. The molecule has 0 aliphatic rings. The Kier molecular flexibility index (Phi) is 4.29. The fraction of sp³-hybridized carbons (Fsp3) is 0.0833. The van der Waals surface area contributed by atoms with Crippen LogP contribution in [0.5, 0.6) is 0 Å². The van der Waals surface area contributed by atoms with Gasteiger partial charge >= 0.3 is 0 Å². The summed E-state index contributed by atoms with van der Waals surface area (Å²) in [6, 6.07) is 11.5. The van der Waals surface area contributed by atoms with Crippen molar-refractivity contribution in [1.29, 1.82) is 0 Å². The third-order valence-electron chi connectivity index (χ3n) is 1.62. The molecule has 0 saturated heterocycles. The fourth-order valence-corrected chi connectivity index (χ4v) is 1.12. The van der Waals surface area contributed by atoms with E-state index in [2.05, 4.69) is 17.9 Å². The summed E-state index contributed by atoms with van der Waals surface area (Å²) in [5.41, 5.74) is 0.658. The lowest BCUT2D eigenvalue weighted by Gasteiger charge is -2.13. The van der Waals surface area contributed by atoms with Gasteiger partial charge in [0.15, 0.2) is 0 Å². The van der Waals surface area contributed by atoms with Gasteiger partial charge < -0.3 is 0 Å². The van der Waals surface area contributed by atoms with Gasteiger partial charge in [-0.05, 0) is 18.1 Å². The molecule has 0 atom stereocenters. The zero-order valence-corrected chi connectivity index (χ0v) is 8.66. The molecule has 0 saturated carbocycles. The third-order valence-corrected chi connectivity index (χ3v) is 1.85. The molecular formula is C12H8ClNO. The van der Waals surface area contributed by atoms with Gasteiger partial charge in [-0.15, -0.1) is 18.0 Å². The zero-order chi connectivity index (χ0) is 11.1. The second-order valence-corrected chi connectivity index (χ2v) is 2.85. The number of halogens is 1. The first-order valence-electron chi connectivity index (χ1n) is 4.20. The highest BCUT2D eigenvalue weighted by atomic mass is 35.5. The molecule has 1 aromatic carbocycles.